The van der Waals surface area contributed by atoms with Gasteiger partial charge < -0.3 is 0 Å². The fraction of sp³-hybridized carbons (Fsp3) is 0.0556. The average Bonchev–Trinajstić information content (AvgIpc) is 2.85. The van der Waals surface area contributed by atoms with Crippen LogP contribution in [0.15, 0.2) is 48.7 Å². The molecule has 0 N–H and O–H groups in total. The Morgan fingerprint density at radius 3 is 2.45 bits per heavy atom. The average molecular weight is 273 g/mol. The molecule has 0 unspecified atom stereocenters. The molecule has 0 aliphatic rings. The van der Waals surface area contributed by atoms with Crippen molar-refractivity contribution in [2.75, 3.05) is 0 Å². The summed E-state index contributed by atoms with van der Waals surface area (Å²) < 4.78 is 2.70. The van der Waals surface area contributed by atoms with Gasteiger partial charge in [0.25, 0.3) is 0 Å². The molecule has 20 heavy (non-hydrogen) atoms. The summed E-state index contributed by atoms with van der Waals surface area (Å²) in [5, 5.41) is 6.70. The van der Waals surface area contributed by atoms with Crippen LogP contribution in [-0.4, -0.2) is 4.98 Å². The predicted molar refractivity (Wildman–Crippen MR) is 88.1 cm³/mol. The molecule has 5 rings (SSSR count). The topological polar surface area (TPSA) is 12.9 Å². The lowest BCUT2D eigenvalue weighted by Gasteiger charge is -2.10. The van der Waals surface area contributed by atoms with E-state index in [1.165, 1.54) is 41.9 Å². The van der Waals surface area contributed by atoms with Gasteiger partial charge in [-0.3, -0.25) is 4.98 Å². The predicted octanol–water partition coefficient (Wildman–Crippen LogP) is 5.50. The number of thiophene rings is 1. The minimum Gasteiger partial charge on any atom is -0.255 e. The van der Waals surface area contributed by atoms with Gasteiger partial charge in [-0.1, -0.05) is 30.3 Å². The standard InChI is InChI=1S/C18H11NS/c1-10-4-2-5-11-12-6-3-7-13-16(12)17-14(20-13)8-9-19-18(17)15(10)11/h2-9H,1H3. The summed E-state index contributed by atoms with van der Waals surface area (Å²) in [7, 11) is 0. The number of aromatic nitrogens is 1. The van der Waals surface area contributed by atoms with Gasteiger partial charge in [0.15, 0.2) is 0 Å². The van der Waals surface area contributed by atoms with Crippen molar-refractivity contribution < 1.29 is 0 Å². The summed E-state index contributed by atoms with van der Waals surface area (Å²) >= 11 is 1.87. The molecule has 0 spiro atoms. The van der Waals surface area contributed by atoms with Crippen LogP contribution < -0.4 is 0 Å². The van der Waals surface area contributed by atoms with Crippen LogP contribution in [-0.2, 0) is 0 Å². The molecule has 0 fully saturated rings. The molecule has 0 aliphatic carbocycles. The van der Waals surface area contributed by atoms with Crippen LogP contribution in [0.4, 0.5) is 0 Å². The van der Waals surface area contributed by atoms with Gasteiger partial charge in [-0.05, 0) is 35.4 Å². The normalized spacial score (nSPS) is 12.2. The molecular formula is C18H11NS. The van der Waals surface area contributed by atoms with Crippen molar-refractivity contribution in [1.82, 2.24) is 4.98 Å². The van der Waals surface area contributed by atoms with E-state index in [4.69, 9.17) is 4.98 Å². The summed E-state index contributed by atoms with van der Waals surface area (Å²) in [5.74, 6) is 0. The summed E-state index contributed by atoms with van der Waals surface area (Å²) in [6, 6.07) is 15.3. The molecule has 0 radical (unpaired) electrons. The van der Waals surface area contributed by atoms with Gasteiger partial charge in [0, 0.05) is 31.8 Å². The number of hydrogen-bond acceptors (Lipinski definition) is 2. The van der Waals surface area contributed by atoms with Crippen LogP contribution >= 0.6 is 11.3 Å². The second-order valence-corrected chi connectivity index (χ2v) is 6.39. The number of pyridine rings is 1. The molecule has 2 aromatic heterocycles. The number of rotatable bonds is 0. The van der Waals surface area contributed by atoms with Gasteiger partial charge in [0.2, 0.25) is 0 Å². The first kappa shape index (κ1) is 10.6. The fourth-order valence-corrected chi connectivity index (χ4v) is 4.51. The van der Waals surface area contributed by atoms with E-state index in [-0.39, 0.29) is 0 Å². The van der Waals surface area contributed by atoms with Crippen LogP contribution in [0.25, 0.3) is 41.8 Å². The molecular weight excluding hydrogens is 262 g/mol. The third-order valence-corrected chi connectivity index (χ3v) is 5.33. The van der Waals surface area contributed by atoms with Gasteiger partial charge in [-0.25, -0.2) is 0 Å². The Labute approximate surface area is 119 Å². The molecule has 2 heteroatoms. The molecule has 3 aromatic carbocycles. The molecule has 0 bridgehead atoms. The van der Waals surface area contributed by atoms with Crippen molar-refractivity contribution >= 4 is 53.2 Å². The van der Waals surface area contributed by atoms with Crippen molar-refractivity contribution in [2.24, 2.45) is 0 Å². The van der Waals surface area contributed by atoms with Crippen LogP contribution in [0.1, 0.15) is 5.56 Å². The first-order valence-electron chi connectivity index (χ1n) is 6.75. The number of fused-ring (bicyclic) bond motifs is 3. The van der Waals surface area contributed by atoms with E-state index in [9.17, 15) is 0 Å². The third-order valence-electron chi connectivity index (χ3n) is 4.21. The van der Waals surface area contributed by atoms with E-state index in [2.05, 4.69) is 49.4 Å². The van der Waals surface area contributed by atoms with Crippen LogP contribution in [0.2, 0.25) is 0 Å². The molecule has 0 aliphatic heterocycles. The van der Waals surface area contributed by atoms with Crippen molar-refractivity contribution in [1.29, 1.82) is 0 Å². The molecule has 2 heterocycles. The maximum absolute atomic E-state index is 4.70. The highest BCUT2D eigenvalue weighted by atomic mass is 32.1. The maximum atomic E-state index is 4.70. The minimum atomic E-state index is 1.15. The van der Waals surface area contributed by atoms with Gasteiger partial charge in [-0.15, -0.1) is 11.3 Å². The monoisotopic (exact) mass is 273 g/mol. The van der Waals surface area contributed by atoms with Crippen molar-refractivity contribution in [3.8, 4) is 0 Å². The summed E-state index contributed by atoms with van der Waals surface area (Å²) in [6.07, 6.45) is 1.94. The molecule has 0 atom stereocenters. The Balaban J connectivity index is 2.34. The third kappa shape index (κ3) is 1.11. The van der Waals surface area contributed by atoms with E-state index in [1.807, 2.05) is 17.5 Å². The fourth-order valence-electron chi connectivity index (χ4n) is 3.38. The molecule has 94 valence electrons. The lowest BCUT2D eigenvalue weighted by atomic mass is 9.95. The highest BCUT2D eigenvalue weighted by molar-refractivity contribution is 7.26. The zero-order valence-electron chi connectivity index (χ0n) is 11.0. The summed E-state index contributed by atoms with van der Waals surface area (Å²) in [6.45, 7) is 2.18. The Morgan fingerprint density at radius 1 is 0.800 bits per heavy atom. The number of nitrogens with zero attached hydrogens (tertiary/aromatic N) is 1. The number of benzene rings is 3. The van der Waals surface area contributed by atoms with Crippen LogP contribution in [0, 0.1) is 6.92 Å². The molecule has 5 aromatic rings. The molecule has 0 saturated carbocycles. The number of hydrogen-bond donors (Lipinski definition) is 0. The molecule has 0 amide bonds. The van der Waals surface area contributed by atoms with E-state index in [0.717, 1.165) is 5.52 Å². The highest BCUT2D eigenvalue weighted by Crippen LogP contribution is 2.44. The van der Waals surface area contributed by atoms with Crippen molar-refractivity contribution in [3.05, 3.63) is 54.2 Å². The van der Waals surface area contributed by atoms with E-state index < -0.39 is 0 Å². The first-order valence-corrected chi connectivity index (χ1v) is 7.57. The van der Waals surface area contributed by atoms with Crippen LogP contribution in [0.3, 0.4) is 0 Å². The van der Waals surface area contributed by atoms with E-state index >= 15 is 0 Å². The van der Waals surface area contributed by atoms with Gasteiger partial charge in [0.05, 0.1) is 5.52 Å². The molecule has 1 nitrogen and oxygen atoms in total. The van der Waals surface area contributed by atoms with Crippen molar-refractivity contribution in [2.45, 2.75) is 6.92 Å². The summed E-state index contributed by atoms with van der Waals surface area (Å²) in [4.78, 5) is 4.70. The van der Waals surface area contributed by atoms with Gasteiger partial charge >= 0.3 is 0 Å². The molecule has 0 saturated heterocycles. The van der Waals surface area contributed by atoms with Gasteiger partial charge in [-0.2, -0.15) is 0 Å². The maximum Gasteiger partial charge on any atom is 0.0804 e. The SMILES string of the molecule is Cc1cccc2c3cccc4sc5ccnc(c12)c5c43. The Morgan fingerprint density at radius 2 is 1.55 bits per heavy atom. The van der Waals surface area contributed by atoms with E-state index in [0.29, 0.717) is 0 Å². The largest absolute Gasteiger partial charge is 0.255 e. The Bertz CT molecular complexity index is 1100. The second-order valence-electron chi connectivity index (χ2n) is 5.31. The van der Waals surface area contributed by atoms with E-state index in [1.54, 1.807) is 0 Å². The zero-order chi connectivity index (χ0) is 13.3. The smallest absolute Gasteiger partial charge is 0.0804 e. The Kier molecular flexibility index (Phi) is 1.83. The summed E-state index contributed by atoms with van der Waals surface area (Å²) in [5.41, 5.74) is 2.46. The lowest BCUT2D eigenvalue weighted by molar-refractivity contribution is 1.44. The quantitative estimate of drug-likeness (QED) is 0.339. The first-order chi connectivity index (χ1) is 9.84. The second kappa shape index (κ2) is 3.47. The van der Waals surface area contributed by atoms with Gasteiger partial charge in [0.1, 0.15) is 0 Å². The zero-order valence-corrected chi connectivity index (χ0v) is 11.8. The number of aryl methyl sites for hydroxylation is 1. The van der Waals surface area contributed by atoms with Crippen LogP contribution in [0.5, 0.6) is 0 Å². The lowest BCUT2D eigenvalue weighted by Crippen LogP contribution is -1.86. The Hall–Kier alpha value is -2.19. The highest BCUT2D eigenvalue weighted by Gasteiger charge is 2.16. The van der Waals surface area contributed by atoms with Crippen molar-refractivity contribution in [3.63, 3.8) is 0 Å². The minimum absolute atomic E-state index is 1.15.